The molecule has 20 heavy (non-hydrogen) atoms. The molecule has 0 saturated heterocycles. The fourth-order valence-electron chi connectivity index (χ4n) is 3.21. The van der Waals surface area contributed by atoms with Crippen LogP contribution in [0.25, 0.3) is 0 Å². The van der Waals surface area contributed by atoms with Gasteiger partial charge in [-0.3, -0.25) is 4.79 Å². The van der Waals surface area contributed by atoms with Crippen LogP contribution in [0.4, 0.5) is 0 Å². The topological polar surface area (TPSA) is 58.6 Å². The summed E-state index contributed by atoms with van der Waals surface area (Å²) in [5.74, 6) is 0.758. The monoisotopic (exact) mass is 275 g/mol. The van der Waals surface area contributed by atoms with Gasteiger partial charge in [-0.25, -0.2) is 0 Å². The van der Waals surface area contributed by atoms with Crippen LogP contribution in [0, 0.1) is 0 Å². The van der Waals surface area contributed by atoms with E-state index < -0.39 is 5.60 Å². The molecule has 0 radical (unpaired) electrons. The summed E-state index contributed by atoms with van der Waals surface area (Å²) in [6.45, 7) is 0.476. The minimum atomic E-state index is -0.804. The average molecular weight is 275 g/mol. The average Bonchev–Trinajstić information content (AvgIpc) is 2.82. The van der Waals surface area contributed by atoms with Gasteiger partial charge >= 0.3 is 0 Å². The van der Waals surface area contributed by atoms with Crippen LogP contribution in [0.15, 0.2) is 24.3 Å². The normalized spacial score (nSPS) is 23.8. The smallest absolute Gasteiger partial charge is 0.223 e. The van der Waals surface area contributed by atoms with Gasteiger partial charge in [0.15, 0.2) is 0 Å². The second-order valence-corrected chi connectivity index (χ2v) is 5.93. The maximum absolute atomic E-state index is 12.2. The summed E-state index contributed by atoms with van der Waals surface area (Å²) in [5, 5.41) is 13.4. The maximum atomic E-state index is 12.2. The van der Waals surface area contributed by atoms with Gasteiger partial charge in [0.05, 0.1) is 18.1 Å². The van der Waals surface area contributed by atoms with Crippen molar-refractivity contribution in [2.45, 2.75) is 50.2 Å². The van der Waals surface area contributed by atoms with E-state index in [0.717, 1.165) is 43.4 Å². The van der Waals surface area contributed by atoms with Crippen LogP contribution >= 0.6 is 0 Å². The lowest BCUT2D eigenvalue weighted by Gasteiger charge is -2.31. The molecular weight excluding hydrogens is 254 g/mol. The Morgan fingerprint density at radius 3 is 2.85 bits per heavy atom. The third kappa shape index (κ3) is 2.80. The number of fused-ring (bicyclic) bond motifs is 1. The minimum Gasteiger partial charge on any atom is -0.491 e. The highest BCUT2D eigenvalue weighted by Gasteiger charge is 2.33. The summed E-state index contributed by atoms with van der Waals surface area (Å²) in [5.41, 5.74) is 0.220. The number of benzene rings is 1. The van der Waals surface area contributed by atoms with E-state index in [2.05, 4.69) is 5.32 Å². The van der Waals surface area contributed by atoms with Crippen molar-refractivity contribution in [3.8, 4) is 5.75 Å². The molecule has 1 heterocycles. The van der Waals surface area contributed by atoms with Crippen LogP contribution in [-0.2, 0) is 4.79 Å². The van der Waals surface area contributed by atoms with Crippen molar-refractivity contribution in [3.63, 3.8) is 0 Å². The zero-order chi connectivity index (χ0) is 14.0. The molecule has 1 aliphatic heterocycles. The number of nitrogens with one attached hydrogen (secondary N) is 1. The van der Waals surface area contributed by atoms with Crippen LogP contribution in [0.2, 0.25) is 0 Å². The van der Waals surface area contributed by atoms with Gasteiger partial charge in [0.1, 0.15) is 12.4 Å². The summed E-state index contributed by atoms with van der Waals surface area (Å²) >= 11 is 0. The molecule has 2 aliphatic rings. The van der Waals surface area contributed by atoms with E-state index >= 15 is 0 Å². The summed E-state index contributed by atoms with van der Waals surface area (Å²) < 4.78 is 5.55. The Morgan fingerprint density at radius 1 is 1.30 bits per heavy atom. The molecule has 1 unspecified atom stereocenters. The number of aliphatic hydroxyl groups is 1. The number of ether oxygens (including phenoxy) is 1. The lowest BCUT2D eigenvalue weighted by atomic mass is 9.82. The van der Waals surface area contributed by atoms with Crippen LogP contribution < -0.4 is 10.1 Å². The van der Waals surface area contributed by atoms with Crippen molar-refractivity contribution < 1.29 is 14.6 Å². The maximum Gasteiger partial charge on any atom is 0.223 e. The number of carbonyl (C=O) groups excluding carboxylic acids is 1. The van der Waals surface area contributed by atoms with E-state index in [1.54, 1.807) is 0 Å². The van der Waals surface area contributed by atoms with Crippen LogP contribution in [0.5, 0.6) is 5.75 Å². The first kappa shape index (κ1) is 13.4. The molecule has 4 nitrogen and oxygen atoms in total. The van der Waals surface area contributed by atoms with E-state index in [-0.39, 0.29) is 18.4 Å². The Bertz CT molecular complexity index is 494. The Balaban J connectivity index is 1.60. The molecule has 0 aromatic heterocycles. The molecule has 1 aromatic rings. The Labute approximate surface area is 119 Å². The Morgan fingerprint density at radius 2 is 2.05 bits per heavy atom. The Kier molecular flexibility index (Phi) is 3.66. The highest BCUT2D eigenvalue weighted by Crippen LogP contribution is 2.33. The van der Waals surface area contributed by atoms with Gasteiger partial charge in [0.2, 0.25) is 5.91 Å². The van der Waals surface area contributed by atoms with E-state index in [4.69, 9.17) is 4.74 Å². The number of amides is 1. The lowest BCUT2D eigenvalue weighted by Crippen LogP contribution is -2.39. The quantitative estimate of drug-likeness (QED) is 0.890. The van der Waals surface area contributed by atoms with E-state index in [9.17, 15) is 9.90 Å². The molecule has 1 saturated carbocycles. The predicted molar refractivity (Wildman–Crippen MR) is 75.5 cm³/mol. The van der Waals surface area contributed by atoms with Crippen molar-refractivity contribution in [1.82, 2.24) is 5.32 Å². The van der Waals surface area contributed by atoms with E-state index in [1.165, 1.54) is 0 Å². The molecule has 2 N–H and O–H groups in total. The van der Waals surface area contributed by atoms with Gasteiger partial charge in [-0.2, -0.15) is 0 Å². The van der Waals surface area contributed by atoms with Gasteiger partial charge in [0.25, 0.3) is 0 Å². The molecule has 1 aromatic carbocycles. The van der Waals surface area contributed by atoms with Crippen molar-refractivity contribution in [3.05, 3.63) is 29.8 Å². The second-order valence-electron chi connectivity index (χ2n) is 5.93. The van der Waals surface area contributed by atoms with Gasteiger partial charge in [-0.1, -0.05) is 37.5 Å². The van der Waals surface area contributed by atoms with Crippen molar-refractivity contribution in [1.29, 1.82) is 0 Å². The summed E-state index contributed by atoms with van der Waals surface area (Å²) in [7, 11) is 0. The first-order chi connectivity index (χ1) is 9.66. The first-order valence-electron chi connectivity index (χ1n) is 7.40. The SMILES string of the molecule is O=C(CC1(O)CCCCC1)NC1COc2ccccc21. The molecule has 3 rings (SSSR count). The molecular formula is C16H21NO3. The van der Waals surface area contributed by atoms with Gasteiger partial charge in [0, 0.05) is 5.56 Å². The largest absolute Gasteiger partial charge is 0.491 e. The number of carbonyl (C=O) groups is 1. The van der Waals surface area contributed by atoms with Crippen molar-refractivity contribution >= 4 is 5.91 Å². The molecule has 1 aliphatic carbocycles. The van der Waals surface area contributed by atoms with Gasteiger partial charge in [-0.15, -0.1) is 0 Å². The molecule has 0 spiro atoms. The molecule has 4 heteroatoms. The number of para-hydroxylation sites is 1. The number of hydrogen-bond donors (Lipinski definition) is 2. The van der Waals surface area contributed by atoms with Crippen molar-refractivity contribution in [2.75, 3.05) is 6.61 Å². The molecule has 1 amide bonds. The van der Waals surface area contributed by atoms with E-state index in [1.807, 2.05) is 24.3 Å². The van der Waals surface area contributed by atoms with E-state index in [0.29, 0.717) is 6.61 Å². The highest BCUT2D eigenvalue weighted by molar-refractivity contribution is 5.77. The van der Waals surface area contributed by atoms with Crippen LogP contribution in [0.1, 0.15) is 50.1 Å². The summed E-state index contributed by atoms with van der Waals surface area (Å²) in [6, 6.07) is 7.67. The zero-order valence-corrected chi connectivity index (χ0v) is 11.6. The van der Waals surface area contributed by atoms with Gasteiger partial charge < -0.3 is 15.2 Å². The first-order valence-corrected chi connectivity index (χ1v) is 7.40. The van der Waals surface area contributed by atoms with Crippen LogP contribution in [-0.4, -0.2) is 23.2 Å². The molecule has 108 valence electrons. The number of rotatable bonds is 3. The standard InChI is InChI=1S/C16H21NO3/c18-15(10-16(19)8-4-1-5-9-16)17-13-11-20-14-7-3-2-6-12(13)14/h2-3,6-7,13,19H,1,4-5,8-11H2,(H,17,18). The molecule has 0 bridgehead atoms. The van der Waals surface area contributed by atoms with Crippen molar-refractivity contribution in [2.24, 2.45) is 0 Å². The number of hydrogen-bond acceptors (Lipinski definition) is 3. The summed E-state index contributed by atoms with van der Waals surface area (Å²) in [4.78, 5) is 12.2. The molecule has 1 fully saturated rings. The predicted octanol–water partition coefficient (Wildman–Crippen LogP) is 2.32. The lowest BCUT2D eigenvalue weighted by molar-refractivity contribution is -0.128. The molecule has 1 atom stereocenters. The second kappa shape index (κ2) is 5.44. The third-order valence-corrected chi connectivity index (χ3v) is 4.31. The third-order valence-electron chi connectivity index (χ3n) is 4.31. The minimum absolute atomic E-state index is 0.0836. The van der Waals surface area contributed by atoms with Crippen LogP contribution in [0.3, 0.4) is 0 Å². The fourth-order valence-corrected chi connectivity index (χ4v) is 3.21. The Hall–Kier alpha value is -1.55. The zero-order valence-electron chi connectivity index (χ0n) is 11.6. The fraction of sp³-hybridized carbons (Fsp3) is 0.562. The van der Waals surface area contributed by atoms with Gasteiger partial charge in [-0.05, 0) is 18.9 Å². The highest BCUT2D eigenvalue weighted by atomic mass is 16.5. The summed E-state index contributed by atoms with van der Waals surface area (Å²) in [6.07, 6.45) is 4.86.